The van der Waals surface area contributed by atoms with Crippen LogP contribution in [0, 0.1) is 6.92 Å². The summed E-state index contributed by atoms with van der Waals surface area (Å²) in [6.07, 6.45) is 1.44. The molecule has 130 valence electrons. The molecule has 0 spiro atoms. The van der Waals surface area contributed by atoms with Gasteiger partial charge in [-0.15, -0.1) is 0 Å². The van der Waals surface area contributed by atoms with Gasteiger partial charge in [0.15, 0.2) is 0 Å². The number of urea groups is 1. The maximum Gasteiger partial charge on any atom is 0.323 e. The Labute approximate surface area is 146 Å². The summed E-state index contributed by atoms with van der Waals surface area (Å²) in [7, 11) is 1.55. The molecule has 2 aromatic rings. The normalized spacial score (nSPS) is 13.7. The highest BCUT2D eigenvalue weighted by atomic mass is 16.5. The number of amides is 3. The molecule has 25 heavy (non-hydrogen) atoms. The van der Waals surface area contributed by atoms with Crippen LogP contribution in [0.2, 0.25) is 0 Å². The smallest absolute Gasteiger partial charge is 0.323 e. The van der Waals surface area contributed by atoms with E-state index >= 15 is 0 Å². The molecule has 0 bridgehead atoms. The second-order valence-electron chi connectivity index (χ2n) is 5.93. The average Bonchev–Trinajstić information content (AvgIpc) is 3.03. The quantitative estimate of drug-likeness (QED) is 0.891. The number of ether oxygens (including phenoxy) is 1. The number of methoxy groups -OCH3 is 1. The van der Waals surface area contributed by atoms with E-state index in [1.807, 2.05) is 37.3 Å². The fourth-order valence-corrected chi connectivity index (χ4v) is 2.91. The van der Waals surface area contributed by atoms with Crippen LogP contribution in [0.25, 0.3) is 0 Å². The van der Waals surface area contributed by atoms with Crippen molar-refractivity contribution >= 4 is 29.0 Å². The number of para-hydroxylation sites is 2. The maximum absolute atomic E-state index is 12.3. The fraction of sp³-hybridized carbons (Fsp3) is 0.263. The second-order valence-corrected chi connectivity index (χ2v) is 5.93. The number of nitrogens with one attached hydrogen (secondary N) is 2. The summed E-state index contributed by atoms with van der Waals surface area (Å²) >= 11 is 0. The summed E-state index contributed by atoms with van der Waals surface area (Å²) in [6.45, 7) is 2.68. The molecular formula is C19H21N3O3. The first-order valence-electron chi connectivity index (χ1n) is 8.20. The zero-order chi connectivity index (χ0) is 17.8. The predicted molar refractivity (Wildman–Crippen MR) is 98.4 cm³/mol. The van der Waals surface area contributed by atoms with Crippen molar-refractivity contribution in [3.8, 4) is 5.75 Å². The highest BCUT2D eigenvalue weighted by Gasteiger charge is 2.23. The van der Waals surface area contributed by atoms with Crippen LogP contribution in [0.15, 0.2) is 42.5 Å². The number of anilines is 3. The number of aryl methyl sites for hydroxylation is 1. The van der Waals surface area contributed by atoms with Gasteiger partial charge < -0.3 is 20.3 Å². The van der Waals surface area contributed by atoms with E-state index in [9.17, 15) is 9.59 Å². The first-order chi connectivity index (χ1) is 12.1. The lowest BCUT2D eigenvalue weighted by Gasteiger charge is -2.19. The van der Waals surface area contributed by atoms with Crippen LogP contribution in [0.3, 0.4) is 0 Å². The third kappa shape index (κ3) is 3.74. The Balaban J connectivity index is 1.74. The number of benzene rings is 2. The SMILES string of the molecule is COc1ccccc1NC(=O)Nc1ccc(C)c(N2CCCC2=O)c1. The van der Waals surface area contributed by atoms with Crippen molar-refractivity contribution in [3.63, 3.8) is 0 Å². The zero-order valence-corrected chi connectivity index (χ0v) is 14.3. The minimum Gasteiger partial charge on any atom is -0.495 e. The van der Waals surface area contributed by atoms with Crippen LogP contribution in [0.5, 0.6) is 5.75 Å². The van der Waals surface area contributed by atoms with Gasteiger partial charge in [0.25, 0.3) is 0 Å². The van der Waals surface area contributed by atoms with Gasteiger partial charge in [0.1, 0.15) is 5.75 Å². The summed E-state index contributed by atoms with van der Waals surface area (Å²) < 4.78 is 5.22. The van der Waals surface area contributed by atoms with E-state index in [-0.39, 0.29) is 11.9 Å². The molecule has 1 aliphatic rings. The summed E-state index contributed by atoms with van der Waals surface area (Å²) in [5.74, 6) is 0.712. The Hall–Kier alpha value is -3.02. The van der Waals surface area contributed by atoms with Crippen LogP contribution in [-0.4, -0.2) is 25.6 Å². The molecule has 1 aliphatic heterocycles. The zero-order valence-electron chi connectivity index (χ0n) is 14.3. The topological polar surface area (TPSA) is 70.7 Å². The lowest BCUT2D eigenvalue weighted by molar-refractivity contribution is -0.117. The standard InChI is InChI=1S/C19H21N3O3/c1-13-9-10-14(12-16(13)22-11-5-8-18(22)23)20-19(24)21-15-6-3-4-7-17(15)25-2/h3-4,6-7,9-10,12H,5,8,11H2,1-2H3,(H2,20,21,24). The van der Waals surface area contributed by atoms with E-state index in [0.29, 0.717) is 23.5 Å². The molecule has 1 saturated heterocycles. The van der Waals surface area contributed by atoms with Crippen molar-refractivity contribution in [1.82, 2.24) is 0 Å². The van der Waals surface area contributed by atoms with Crippen LogP contribution >= 0.6 is 0 Å². The molecule has 3 amide bonds. The molecule has 1 heterocycles. The van der Waals surface area contributed by atoms with Gasteiger partial charge in [-0.25, -0.2) is 4.79 Å². The molecule has 0 saturated carbocycles. The van der Waals surface area contributed by atoms with Crippen molar-refractivity contribution in [3.05, 3.63) is 48.0 Å². The fourth-order valence-electron chi connectivity index (χ4n) is 2.91. The van der Waals surface area contributed by atoms with Crippen molar-refractivity contribution in [1.29, 1.82) is 0 Å². The summed E-state index contributed by atoms with van der Waals surface area (Å²) in [6, 6.07) is 12.4. The molecule has 2 aromatic carbocycles. The number of rotatable bonds is 4. The highest BCUT2D eigenvalue weighted by molar-refractivity contribution is 6.02. The molecule has 2 N–H and O–H groups in total. The molecule has 1 fully saturated rings. The highest BCUT2D eigenvalue weighted by Crippen LogP contribution is 2.28. The van der Waals surface area contributed by atoms with Gasteiger partial charge in [0.05, 0.1) is 12.8 Å². The van der Waals surface area contributed by atoms with E-state index in [0.717, 1.165) is 24.2 Å². The molecule has 0 atom stereocenters. The monoisotopic (exact) mass is 339 g/mol. The first kappa shape index (κ1) is 16.8. The molecule has 0 aliphatic carbocycles. The number of hydrogen-bond acceptors (Lipinski definition) is 3. The Morgan fingerprint density at radius 3 is 2.68 bits per heavy atom. The van der Waals surface area contributed by atoms with Crippen molar-refractivity contribution in [2.75, 3.05) is 29.2 Å². The molecular weight excluding hydrogens is 318 g/mol. The van der Waals surface area contributed by atoms with E-state index in [1.165, 1.54) is 0 Å². The van der Waals surface area contributed by atoms with Gasteiger partial charge in [0.2, 0.25) is 5.91 Å². The van der Waals surface area contributed by atoms with Gasteiger partial charge in [-0.05, 0) is 43.2 Å². The second kappa shape index (κ2) is 7.25. The molecule has 0 unspecified atom stereocenters. The first-order valence-corrected chi connectivity index (χ1v) is 8.20. The van der Waals surface area contributed by atoms with Gasteiger partial charge in [-0.1, -0.05) is 18.2 Å². The van der Waals surface area contributed by atoms with E-state index in [4.69, 9.17) is 4.74 Å². The molecule has 6 heteroatoms. The van der Waals surface area contributed by atoms with Crippen LogP contribution in [0.1, 0.15) is 18.4 Å². The third-order valence-corrected chi connectivity index (χ3v) is 4.19. The number of carbonyl (C=O) groups excluding carboxylic acids is 2. The van der Waals surface area contributed by atoms with Gasteiger partial charge in [-0.3, -0.25) is 4.79 Å². The Morgan fingerprint density at radius 1 is 1.16 bits per heavy atom. The van der Waals surface area contributed by atoms with Gasteiger partial charge in [0, 0.05) is 24.3 Å². The minimum absolute atomic E-state index is 0.124. The Kier molecular flexibility index (Phi) is 4.88. The molecule has 0 aromatic heterocycles. The van der Waals surface area contributed by atoms with E-state index in [1.54, 1.807) is 24.1 Å². The van der Waals surface area contributed by atoms with Crippen LogP contribution in [-0.2, 0) is 4.79 Å². The van der Waals surface area contributed by atoms with E-state index < -0.39 is 0 Å². The summed E-state index contributed by atoms with van der Waals surface area (Å²) in [5.41, 5.74) is 3.07. The van der Waals surface area contributed by atoms with Gasteiger partial charge >= 0.3 is 6.03 Å². The largest absolute Gasteiger partial charge is 0.495 e. The number of hydrogen-bond donors (Lipinski definition) is 2. The Bertz CT molecular complexity index is 804. The minimum atomic E-state index is -0.368. The van der Waals surface area contributed by atoms with Gasteiger partial charge in [-0.2, -0.15) is 0 Å². The summed E-state index contributed by atoms with van der Waals surface area (Å²) in [5, 5.41) is 5.57. The predicted octanol–water partition coefficient (Wildman–Crippen LogP) is 3.77. The lowest BCUT2D eigenvalue weighted by atomic mass is 10.1. The Morgan fingerprint density at radius 2 is 1.96 bits per heavy atom. The van der Waals surface area contributed by atoms with Crippen LogP contribution < -0.4 is 20.3 Å². The number of nitrogens with zero attached hydrogens (tertiary/aromatic N) is 1. The summed E-state index contributed by atoms with van der Waals surface area (Å²) in [4.78, 5) is 26.0. The molecule has 0 radical (unpaired) electrons. The molecule has 6 nitrogen and oxygen atoms in total. The maximum atomic E-state index is 12.3. The van der Waals surface area contributed by atoms with Crippen LogP contribution in [0.4, 0.5) is 21.9 Å². The van der Waals surface area contributed by atoms with Crippen molar-refractivity contribution in [2.24, 2.45) is 0 Å². The third-order valence-electron chi connectivity index (χ3n) is 4.19. The lowest BCUT2D eigenvalue weighted by Crippen LogP contribution is -2.25. The van der Waals surface area contributed by atoms with Crippen molar-refractivity contribution < 1.29 is 14.3 Å². The van der Waals surface area contributed by atoms with Crippen molar-refractivity contribution in [2.45, 2.75) is 19.8 Å². The van der Waals surface area contributed by atoms with E-state index in [2.05, 4.69) is 10.6 Å². The molecule has 3 rings (SSSR count). The number of carbonyl (C=O) groups is 2. The average molecular weight is 339 g/mol.